The highest BCUT2D eigenvalue weighted by Crippen LogP contribution is 2.14. The van der Waals surface area contributed by atoms with Crippen LogP contribution in [-0.4, -0.2) is 52.1 Å². The van der Waals surface area contributed by atoms with Gasteiger partial charge in [-0.05, 0) is 43.4 Å². The van der Waals surface area contributed by atoms with Gasteiger partial charge < -0.3 is 24.8 Å². The standard InChI is InChI=1S/C22H37N3O3/c1-4-23-22(24-11-5-12-26-16-20-10-13-27-17-20)25-14-19-6-8-21(9-7-19)28-15-18(2)3/h6-9,18,20H,4-5,10-17H2,1-3H3,(H2,23,24,25). The number of benzene rings is 1. The maximum atomic E-state index is 5.74. The molecular formula is C22H37N3O3. The molecule has 1 aromatic carbocycles. The minimum atomic E-state index is 0.528. The van der Waals surface area contributed by atoms with Crippen molar-refractivity contribution in [3.63, 3.8) is 0 Å². The summed E-state index contributed by atoms with van der Waals surface area (Å²) in [6, 6.07) is 8.17. The van der Waals surface area contributed by atoms with Crippen molar-refractivity contribution in [1.29, 1.82) is 0 Å². The van der Waals surface area contributed by atoms with Gasteiger partial charge in [-0.25, -0.2) is 4.99 Å². The van der Waals surface area contributed by atoms with Crippen LogP contribution in [0.4, 0.5) is 0 Å². The van der Waals surface area contributed by atoms with Crippen LogP contribution in [0, 0.1) is 11.8 Å². The van der Waals surface area contributed by atoms with Gasteiger partial charge in [0.1, 0.15) is 5.75 Å². The lowest BCUT2D eigenvalue weighted by atomic mass is 10.1. The van der Waals surface area contributed by atoms with Crippen LogP contribution < -0.4 is 15.4 Å². The Morgan fingerprint density at radius 3 is 2.75 bits per heavy atom. The second-order valence-electron chi connectivity index (χ2n) is 7.63. The Hall–Kier alpha value is -1.79. The molecule has 0 aliphatic carbocycles. The van der Waals surface area contributed by atoms with Crippen LogP contribution in [0.3, 0.4) is 0 Å². The molecule has 1 aliphatic rings. The number of ether oxygens (including phenoxy) is 3. The predicted octanol–water partition coefficient (Wildman–Crippen LogP) is 3.22. The molecule has 158 valence electrons. The summed E-state index contributed by atoms with van der Waals surface area (Å²) in [5, 5.41) is 6.66. The molecular weight excluding hydrogens is 354 g/mol. The Balaban J connectivity index is 1.66. The molecule has 0 radical (unpaired) electrons. The second kappa shape index (κ2) is 13.4. The molecule has 28 heavy (non-hydrogen) atoms. The minimum Gasteiger partial charge on any atom is -0.493 e. The van der Waals surface area contributed by atoms with Crippen LogP contribution >= 0.6 is 0 Å². The third kappa shape index (κ3) is 9.42. The lowest BCUT2D eigenvalue weighted by molar-refractivity contribution is 0.0888. The zero-order chi connectivity index (χ0) is 20.0. The van der Waals surface area contributed by atoms with Crippen molar-refractivity contribution >= 4 is 5.96 Å². The SMILES string of the molecule is CCNC(=NCc1ccc(OCC(C)C)cc1)NCCCOCC1CCOC1. The normalized spacial score (nSPS) is 17.1. The highest BCUT2D eigenvalue weighted by atomic mass is 16.5. The highest BCUT2D eigenvalue weighted by molar-refractivity contribution is 5.79. The summed E-state index contributed by atoms with van der Waals surface area (Å²) >= 11 is 0. The summed E-state index contributed by atoms with van der Waals surface area (Å²) in [6.45, 7) is 12.7. The molecule has 6 nitrogen and oxygen atoms in total. The first-order valence-corrected chi connectivity index (χ1v) is 10.6. The number of nitrogens with zero attached hydrogens (tertiary/aromatic N) is 1. The summed E-state index contributed by atoms with van der Waals surface area (Å²) in [5.41, 5.74) is 1.16. The van der Waals surface area contributed by atoms with Crippen molar-refractivity contribution in [3.05, 3.63) is 29.8 Å². The number of guanidine groups is 1. The van der Waals surface area contributed by atoms with Gasteiger partial charge in [0.25, 0.3) is 0 Å². The van der Waals surface area contributed by atoms with E-state index in [9.17, 15) is 0 Å². The lowest BCUT2D eigenvalue weighted by Crippen LogP contribution is -2.38. The van der Waals surface area contributed by atoms with Gasteiger partial charge in [-0.1, -0.05) is 26.0 Å². The Morgan fingerprint density at radius 2 is 2.07 bits per heavy atom. The van der Waals surface area contributed by atoms with Gasteiger partial charge in [0, 0.05) is 32.2 Å². The molecule has 2 N–H and O–H groups in total. The molecule has 1 saturated heterocycles. The van der Waals surface area contributed by atoms with E-state index in [0.29, 0.717) is 18.4 Å². The zero-order valence-electron chi connectivity index (χ0n) is 17.7. The molecule has 1 atom stereocenters. The largest absolute Gasteiger partial charge is 0.493 e. The van der Waals surface area contributed by atoms with Gasteiger partial charge in [-0.3, -0.25) is 0 Å². The molecule has 6 heteroatoms. The maximum absolute atomic E-state index is 5.74. The second-order valence-corrected chi connectivity index (χ2v) is 7.63. The van der Waals surface area contributed by atoms with Crippen LogP contribution in [0.25, 0.3) is 0 Å². The first-order valence-electron chi connectivity index (χ1n) is 10.6. The summed E-state index contributed by atoms with van der Waals surface area (Å²) in [6.07, 6.45) is 2.08. The van der Waals surface area contributed by atoms with E-state index < -0.39 is 0 Å². The number of hydrogen-bond donors (Lipinski definition) is 2. The van der Waals surface area contributed by atoms with E-state index in [1.807, 2.05) is 12.1 Å². The molecule has 0 aromatic heterocycles. The van der Waals surface area contributed by atoms with Gasteiger partial charge in [-0.15, -0.1) is 0 Å². The first kappa shape index (κ1) is 22.5. The fourth-order valence-electron chi connectivity index (χ4n) is 2.81. The summed E-state index contributed by atoms with van der Waals surface area (Å²) in [4.78, 5) is 4.66. The van der Waals surface area contributed by atoms with Crippen LogP contribution in [0.2, 0.25) is 0 Å². The lowest BCUT2D eigenvalue weighted by Gasteiger charge is -2.12. The van der Waals surface area contributed by atoms with Crippen molar-refractivity contribution in [3.8, 4) is 5.75 Å². The summed E-state index contributed by atoms with van der Waals surface area (Å²) < 4.78 is 16.8. The number of hydrogen-bond acceptors (Lipinski definition) is 4. The predicted molar refractivity (Wildman–Crippen MR) is 114 cm³/mol. The molecule has 0 spiro atoms. The van der Waals surface area contributed by atoms with Gasteiger partial charge in [0.15, 0.2) is 5.96 Å². The van der Waals surface area contributed by atoms with Gasteiger partial charge in [-0.2, -0.15) is 0 Å². The summed E-state index contributed by atoms with van der Waals surface area (Å²) in [5.74, 6) is 2.86. The molecule has 1 heterocycles. The maximum Gasteiger partial charge on any atom is 0.191 e. The Morgan fingerprint density at radius 1 is 1.25 bits per heavy atom. The van der Waals surface area contributed by atoms with Crippen LogP contribution in [0.1, 0.15) is 39.2 Å². The summed E-state index contributed by atoms with van der Waals surface area (Å²) in [7, 11) is 0. The Labute approximate surface area is 170 Å². The molecule has 0 amide bonds. The molecule has 1 fully saturated rings. The number of aliphatic imine (C=N–C) groups is 1. The van der Waals surface area contributed by atoms with Crippen molar-refractivity contribution in [2.45, 2.75) is 40.2 Å². The average Bonchev–Trinajstić information content (AvgIpc) is 3.21. The van der Waals surface area contributed by atoms with Crippen molar-refractivity contribution in [2.75, 3.05) is 46.1 Å². The number of nitrogens with one attached hydrogen (secondary N) is 2. The van der Waals surface area contributed by atoms with E-state index in [1.165, 1.54) is 0 Å². The fourth-order valence-corrected chi connectivity index (χ4v) is 2.81. The van der Waals surface area contributed by atoms with E-state index in [2.05, 4.69) is 48.5 Å². The van der Waals surface area contributed by atoms with Gasteiger partial charge in [0.05, 0.1) is 26.4 Å². The van der Waals surface area contributed by atoms with Crippen LogP contribution in [0.15, 0.2) is 29.3 Å². The molecule has 0 saturated carbocycles. The van der Waals surface area contributed by atoms with Crippen molar-refractivity contribution in [2.24, 2.45) is 16.8 Å². The number of rotatable bonds is 12. The minimum absolute atomic E-state index is 0.528. The molecule has 1 aromatic rings. The van der Waals surface area contributed by atoms with Crippen LogP contribution in [0.5, 0.6) is 5.75 Å². The third-order valence-electron chi connectivity index (χ3n) is 4.41. The van der Waals surface area contributed by atoms with Gasteiger partial charge >= 0.3 is 0 Å². The molecule has 2 rings (SSSR count). The van der Waals surface area contributed by atoms with E-state index in [0.717, 1.165) is 76.2 Å². The van der Waals surface area contributed by atoms with E-state index >= 15 is 0 Å². The molecule has 0 bridgehead atoms. The smallest absolute Gasteiger partial charge is 0.191 e. The zero-order valence-corrected chi connectivity index (χ0v) is 17.7. The Kier molecular flexibility index (Phi) is 10.8. The average molecular weight is 392 g/mol. The van der Waals surface area contributed by atoms with Gasteiger partial charge in [0.2, 0.25) is 0 Å². The monoisotopic (exact) mass is 391 g/mol. The van der Waals surface area contributed by atoms with Crippen molar-refractivity contribution < 1.29 is 14.2 Å². The van der Waals surface area contributed by atoms with Crippen molar-refractivity contribution in [1.82, 2.24) is 10.6 Å². The third-order valence-corrected chi connectivity index (χ3v) is 4.41. The fraction of sp³-hybridized carbons (Fsp3) is 0.682. The Bertz CT molecular complexity index is 555. The van der Waals surface area contributed by atoms with E-state index in [4.69, 9.17) is 14.2 Å². The molecule has 1 unspecified atom stereocenters. The first-order chi connectivity index (χ1) is 13.7. The quantitative estimate of drug-likeness (QED) is 0.325. The molecule has 1 aliphatic heterocycles. The van der Waals surface area contributed by atoms with E-state index in [1.54, 1.807) is 0 Å². The topological polar surface area (TPSA) is 64.1 Å². The van der Waals surface area contributed by atoms with E-state index in [-0.39, 0.29) is 0 Å². The van der Waals surface area contributed by atoms with Crippen LogP contribution in [-0.2, 0) is 16.0 Å². The highest BCUT2D eigenvalue weighted by Gasteiger charge is 2.15.